The van der Waals surface area contributed by atoms with Crippen LogP contribution in [0.3, 0.4) is 0 Å². The van der Waals surface area contributed by atoms with Crippen LogP contribution in [0.2, 0.25) is 0 Å². The second kappa shape index (κ2) is 6.31. The average Bonchev–Trinajstić information content (AvgIpc) is 2.89. The summed E-state index contributed by atoms with van der Waals surface area (Å²) in [6.07, 6.45) is -0.768. The van der Waals surface area contributed by atoms with Crippen LogP contribution in [-0.2, 0) is 15.9 Å². The van der Waals surface area contributed by atoms with Crippen LogP contribution in [0.5, 0.6) is 0 Å². The van der Waals surface area contributed by atoms with Gasteiger partial charge in [0.15, 0.2) is 0 Å². The van der Waals surface area contributed by atoms with E-state index in [-0.39, 0.29) is 13.0 Å². The number of halogens is 1. The molecule has 1 atom stereocenters. The Morgan fingerprint density at radius 2 is 1.88 bits per heavy atom. The van der Waals surface area contributed by atoms with Crippen LogP contribution in [0.4, 0.5) is 14.9 Å². The number of carbonyl (C=O) groups excluding carboxylic acids is 2. The summed E-state index contributed by atoms with van der Waals surface area (Å²) >= 11 is 0. The Kier molecular flexibility index (Phi) is 4.20. The number of cyclic esters (lactones) is 1. The molecule has 6 heteroatoms. The fourth-order valence-corrected chi connectivity index (χ4v) is 2.63. The number of esters is 1. The van der Waals surface area contributed by atoms with Gasteiger partial charge < -0.3 is 9.47 Å². The van der Waals surface area contributed by atoms with Crippen molar-refractivity contribution < 1.29 is 23.5 Å². The van der Waals surface area contributed by atoms with Crippen molar-refractivity contribution in [1.29, 1.82) is 0 Å². The molecule has 1 unspecified atom stereocenters. The molecule has 1 aliphatic heterocycles. The van der Waals surface area contributed by atoms with E-state index in [4.69, 9.17) is 4.74 Å². The van der Waals surface area contributed by atoms with Crippen LogP contribution in [0.25, 0.3) is 0 Å². The molecule has 0 aliphatic carbocycles. The van der Waals surface area contributed by atoms with Gasteiger partial charge in [-0.1, -0.05) is 30.3 Å². The highest BCUT2D eigenvalue weighted by atomic mass is 19.2. The zero-order valence-electron chi connectivity index (χ0n) is 13.1. The van der Waals surface area contributed by atoms with Gasteiger partial charge in [0.1, 0.15) is 0 Å². The first-order valence-corrected chi connectivity index (χ1v) is 7.42. The minimum absolute atomic E-state index is 0.0175. The Hall–Kier alpha value is -2.89. The first-order chi connectivity index (χ1) is 11.5. The van der Waals surface area contributed by atoms with Crippen molar-refractivity contribution in [2.75, 3.05) is 18.6 Å². The number of methoxy groups -OCH3 is 1. The normalized spacial score (nSPS) is 19.9. The summed E-state index contributed by atoms with van der Waals surface area (Å²) in [6, 6.07) is 15.2. The molecule has 2 aromatic rings. The molecule has 0 saturated carbocycles. The average molecular weight is 329 g/mol. The molecule has 0 N–H and O–H groups in total. The third-order valence-electron chi connectivity index (χ3n) is 3.80. The summed E-state index contributed by atoms with van der Waals surface area (Å²) in [7, 11) is 1.29. The monoisotopic (exact) mass is 329 g/mol. The van der Waals surface area contributed by atoms with E-state index in [0.29, 0.717) is 11.3 Å². The number of nitrogens with zero attached hydrogens (tertiary/aromatic N) is 1. The molecule has 1 fully saturated rings. The number of anilines is 1. The van der Waals surface area contributed by atoms with Gasteiger partial charge >= 0.3 is 12.1 Å². The maximum absolute atomic E-state index is 14.9. The lowest BCUT2D eigenvalue weighted by atomic mass is 10.1. The Bertz CT molecular complexity index is 747. The number of amides is 1. The zero-order chi connectivity index (χ0) is 17.2. The number of ether oxygens (including phenoxy) is 2. The number of benzene rings is 2. The number of rotatable bonds is 4. The van der Waals surface area contributed by atoms with Gasteiger partial charge in [-0.15, -0.1) is 0 Å². The van der Waals surface area contributed by atoms with Gasteiger partial charge in [0.25, 0.3) is 5.85 Å². The smallest absolute Gasteiger partial charge is 0.417 e. The lowest BCUT2D eigenvalue weighted by Gasteiger charge is -2.17. The predicted molar refractivity (Wildman–Crippen MR) is 85.6 cm³/mol. The molecule has 0 bridgehead atoms. The Labute approximate surface area is 138 Å². The highest BCUT2D eigenvalue weighted by Crippen LogP contribution is 2.32. The second-order valence-electron chi connectivity index (χ2n) is 5.54. The van der Waals surface area contributed by atoms with E-state index >= 15 is 0 Å². The number of alkyl halides is 1. The molecule has 0 spiro atoms. The fourth-order valence-electron chi connectivity index (χ4n) is 2.63. The molecule has 1 saturated heterocycles. The number of hydrogen-bond acceptors (Lipinski definition) is 4. The van der Waals surface area contributed by atoms with Crippen LogP contribution in [0.1, 0.15) is 15.9 Å². The largest absolute Gasteiger partial charge is 0.465 e. The van der Waals surface area contributed by atoms with Crippen molar-refractivity contribution in [2.45, 2.75) is 12.3 Å². The highest BCUT2D eigenvalue weighted by molar-refractivity contribution is 5.92. The predicted octanol–water partition coefficient (Wildman–Crippen LogP) is 3.34. The van der Waals surface area contributed by atoms with E-state index < -0.39 is 17.9 Å². The Morgan fingerprint density at radius 3 is 2.50 bits per heavy atom. The first kappa shape index (κ1) is 16.0. The van der Waals surface area contributed by atoms with Crippen molar-refractivity contribution in [3.05, 3.63) is 65.7 Å². The minimum Gasteiger partial charge on any atom is -0.465 e. The van der Waals surface area contributed by atoms with E-state index in [0.717, 1.165) is 5.56 Å². The van der Waals surface area contributed by atoms with Crippen molar-refractivity contribution in [1.82, 2.24) is 0 Å². The molecule has 1 heterocycles. The van der Waals surface area contributed by atoms with Crippen LogP contribution < -0.4 is 4.90 Å². The van der Waals surface area contributed by atoms with Gasteiger partial charge in [-0.3, -0.25) is 4.90 Å². The maximum atomic E-state index is 14.9. The standard InChI is InChI=1S/C18H16FNO4/c1-23-16(21)14-7-9-15(10-8-14)20-12-18(19,24-17(20)22)11-13-5-3-2-4-6-13/h2-10H,11-12H2,1H3. The van der Waals surface area contributed by atoms with Crippen LogP contribution >= 0.6 is 0 Å². The minimum atomic E-state index is -2.08. The summed E-state index contributed by atoms with van der Waals surface area (Å²) in [5.41, 5.74) is 1.56. The Morgan fingerprint density at radius 1 is 1.21 bits per heavy atom. The molecule has 1 amide bonds. The van der Waals surface area contributed by atoms with Gasteiger partial charge in [0, 0.05) is 12.1 Å². The van der Waals surface area contributed by atoms with Crippen LogP contribution in [-0.4, -0.2) is 31.6 Å². The lowest BCUT2D eigenvalue weighted by molar-refractivity contribution is -0.0562. The third kappa shape index (κ3) is 3.22. The fraction of sp³-hybridized carbons (Fsp3) is 0.222. The van der Waals surface area contributed by atoms with E-state index in [2.05, 4.69) is 4.74 Å². The molecule has 24 heavy (non-hydrogen) atoms. The molecule has 124 valence electrons. The van der Waals surface area contributed by atoms with Crippen molar-refractivity contribution in [3.8, 4) is 0 Å². The molecule has 5 nitrogen and oxygen atoms in total. The van der Waals surface area contributed by atoms with Crippen LogP contribution in [0.15, 0.2) is 54.6 Å². The lowest BCUT2D eigenvalue weighted by Crippen LogP contribution is -2.32. The summed E-state index contributed by atoms with van der Waals surface area (Å²) in [6.45, 7) is -0.210. The van der Waals surface area contributed by atoms with Gasteiger partial charge in [0.05, 0.1) is 19.2 Å². The van der Waals surface area contributed by atoms with Gasteiger partial charge in [-0.2, -0.15) is 4.39 Å². The van der Waals surface area contributed by atoms with E-state index in [1.807, 2.05) is 6.07 Å². The quantitative estimate of drug-likeness (QED) is 0.807. The molecular formula is C18H16FNO4. The van der Waals surface area contributed by atoms with Crippen molar-refractivity contribution in [3.63, 3.8) is 0 Å². The van der Waals surface area contributed by atoms with Crippen molar-refractivity contribution >= 4 is 17.7 Å². The molecule has 3 rings (SSSR count). The molecule has 2 aromatic carbocycles. The summed E-state index contributed by atoms with van der Waals surface area (Å²) in [4.78, 5) is 24.7. The molecule has 1 aliphatic rings. The summed E-state index contributed by atoms with van der Waals surface area (Å²) in [5.74, 6) is -2.56. The van der Waals surface area contributed by atoms with Crippen molar-refractivity contribution in [2.24, 2.45) is 0 Å². The number of hydrogen-bond donors (Lipinski definition) is 0. The van der Waals surface area contributed by atoms with Crippen LogP contribution in [0, 0.1) is 0 Å². The van der Waals surface area contributed by atoms with E-state index in [9.17, 15) is 14.0 Å². The van der Waals surface area contributed by atoms with Gasteiger partial charge in [-0.25, -0.2) is 9.59 Å². The number of carbonyl (C=O) groups is 2. The second-order valence-corrected chi connectivity index (χ2v) is 5.54. The topological polar surface area (TPSA) is 55.8 Å². The Balaban J connectivity index is 1.76. The van der Waals surface area contributed by atoms with Gasteiger partial charge in [-0.05, 0) is 29.8 Å². The van der Waals surface area contributed by atoms with E-state index in [1.54, 1.807) is 36.4 Å². The summed E-state index contributed by atoms with van der Waals surface area (Å²) < 4.78 is 24.5. The first-order valence-electron chi connectivity index (χ1n) is 7.42. The van der Waals surface area contributed by atoms with Gasteiger partial charge in [0.2, 0.25) is 0 Å². The highest BCUT2D eigenvalue weighted by Gasteiger charge is 2.46. The zero-order valence-corrected chi connectivity index (χ0v) is 13.1. The molecule has 0 aromatic heterocycles. The van der Waals surface area contributed by atoms with E-state index in [1.165, 1.54) is 24.1 Å². The maximum Gasteiger partial charge on any atom is 0.417 e. The molecular weight excluding hydrogens is 313 g/mol. The SMILES string of the molecule is COC(=O)c1ccc(N2CC(F)(Cc3ccccc3)OC2=O)cc1. The summed E-state index contributed by atoms with van der Waals surface area (Å²) in [5, 5.41) is 0. The molecule has 0 radical (unpaired) electrons. The third-order valence-corrected chi connectivity index (χ3v) is 3.80.